The third-order valence-electron chi connectivity index (χ3n) is 4.64. The minimum Gasteiger partial charge on any atom is -0.331 e. The summed E-state index contributed by atoms with van der Waals surface area (Å²) in [5.74, 6) is 0.892. The number of hydrogen-bond acceptors (Lipinski definition) is 1. The molecule has 3 rings (SSSR count). The van der Waals surface area contributed by atoms with E-state index in [1.165, 1.54) is 38.5 Å². The van der Waals surface area contributed by atoms with E-state index in [0.717, 1.165) is 21.7 Å². The van der Waals surface area contributed by atoms with Gasteiger partial charge in [-0.15, -0.1) is 0 Å². The lowest BCUT2D eigenvalue weighted by Crippen LogP contribution is -2.18. The number of halogens is 2. The first-order valence-corrected chi connectivity index (χ1v) is 8.85. The monoisotopic (exact) mass is 342 g/mol. The molecule has 1 fully saturated rings. The first-order valence-electron chi connectivity index (χ1n) is 7.69. The van der Waals surface area contributed by atoms with Gasteiger partial charge in [-0.05, 0) is 56.0 Å². The van der Waals surface area contributed by atoms with Crippen LogP contribution in [-0.2, 0) is 0 Å². The van der Waals surface area contributed by atoms with Crippen LogP contribution in [0.15, 0.2) is 12.1 Å². The zero-order chi connectivity index (χ0) is 15.0. The number of aromatic amines is 1. The highest BCUT2D eigenvalue weighted by Crippen LogP contribution is 2.37. The molecule has 1 aromatic heterocycles. The molecule has 1 aliphatic rings. The van der Waals surface area contributed by atoms with E-state index in [9.17, 15) is 0 Å². The van der Waals surface area contributed by atoms with Crippen LogP contribution in [0.4, 0.5) is 0 Å². The molecule has 0 unspecified atom stereocenters. The molecule has 21 heavy (non-hydrogen) atoms. The second-order valence-corrected chi connectivity index (χ2v) is 7.25. The molecule has 1 saturated carbocycles. The summed E-state index contributed by atoms with van der Waals surface area (Å²) < 4.78 is 3.02. The maximum Gasteiger partial charge on any atom is 0.178 e. The molecule has 0 amide bonds. The molecule has 5 heteroatoms. The Labute approximate surface area is 140 Å². The molecule has 1 aliphatic carbocycles. The fourth-order valence-corrected chi connectivity index (χ4v) is 4.26. The van der Waals surface area contributed by atoms with Crippen LogP contribution < -0.4 is 0 Å². The minimum absolute atomic E-state index is 0.483. The summed E-state index contributed by atoms with van der Waals surface area (Å²) in [7, 11) is 0. The Bertz CT molecular complexity index is 696. The molecule has 1 N–H and O–H groups in total. The molecule has 1 aromatic carbocycles. The molecule has 114 valence electrons. The number of rotatable bonds is 3. The topological polar surface area (TPSA) is 20.7 Å². The largest absolute Gasteiger partial charge is 0.331 e. The number of fused-ring (bicyclic) bond motifs is 1. The van der Waals surface area contributed by atoms with Gasteiger partial charge in [0.15, 0.2) is 4.77 Å². The summed E-state index contributed by atoms with van der Waals surface area (Å²) in [5.41, 5.74) is 2.05. The van der Waals surface area contributed by atoms with Gasteiger partial charge in [0.05, 0.1) is 21.1 Å². The van der Waals surface area contributed by atoms with Crippen molar-refractivity contribution in [3.63, 3.8) is 0 Å². The lowest BCUT2D eigenvalue weighted by molar-refractivity contribution is 0.264. The van der Waals surface area contributed by atoms with Crippen molar-refractivity contribution < 1.29 is 0 Å². The standard InChI is InChI=1S/C16H20Cl2N2S/c1-2-3-10-4-6-11(7-5-10)20-15-9-13(18)12(17)8-14(15)19-16(20)21/h8-11H,2-7H2,1H3,(H,19,21). The van der Waals surface area contributed by atoms with Gasteiger partial charge in [-0.2, -0.15) is 0 Å². The quantitative estimate of drug-likeness (QED) is 0.628. The Hall–Kier alpha value is -0.510. The summed E-state index contributed by atoms with van der Waals surface area (Å²) in [6, 6.07) is 4.29. The molecular formula is C16H20Cl2N2S. The number of nitrogens with zero attached hydrogens (tertiary/aromatic N) is 1. The Balaban J connectivity index is 1.92. The minimum atomic E-state index is 0.483. The van der Waals surface area contributed by atoms with Gasteiger partial charge in [-0.1, -0.05) is 43.0 Å². The number of benzene rings is 1. The molecule has 1 heterocycles. The van der Waals surface area contributed by atoms with Crippen LogP contribution >= 0.6 is 35.4 Å². The van der Waals surface area contributed by atoms with Crippen LogP contribution in [0.25, 0.3) is 11.0 Å². The molecule has 0 spiro atoms. The predicted octanol–water partition coefficient (Wildman–Crippen LogP) is 6.54. The van der Waals surface area contributed by atoms with Gasteiger partial charge in [0.2, 0.25) is 0 Å². The summed E-state index contributed by atoms with van der Waals surface area (Å²) in [5, 5.41) is 1.16. The summed E-state index contributed by atoms with van der Waals surface area (Å²) in [6.45, 7) is 2.27. The first kappa shape index (κ1) is 15.4. The number of hydrogen-bond donors (Lipinski definition) is 1. The van der Waals surface area contributed by atoms with Gasteiger partial charge in [0, 0.05) is 6.04 Å². The van der Waals surface area contributed by atoms with Gasteiger partial charge in [0.25, 0.3) is 0 Å². The van der Waals surface area contributed by atoms with Gasteiger partial charge < -0.3 is 9.55 Å². The zero-order valence-corrected chi connectivity index (χ0v) is 14.5. The van der Waals surface area contributed by atoms with Gasteiger partial charge in [-0.3, -0.25) is 0 Å². The number of aromatic nitrogens is 2. The van der Waals surface area contributed by atoms with Crippen LogP contribution in [0, 0.1) is 10.7 Å². The summed E-state index contributed by atoms with van der Waals surface area (Å²) in [4.78, 5) is 3.26. The Morgan fingerprint density at radius 1 is 1.19 bits per heavy atom. The van der Waals surface area contributed by atoms with E-state index in [0.29, 0.717) is 16.1 Å². The van der Waals surface area contributed by atoms with Crippen LogP contribution in [0.5, 0.6) is 0 Å². The highest BCUT2D eigenvalue weighted by Gasteiger charge is 2.24. The Morgan fingerprint density at radius 2 is 1.86 bits per heavy atom. The van der Waals surface area contributed by atoms with Crippen molar-refractivity contribution in [2.24, 2.45) is 5.92 Å². The van der Waals surface area contributed by atoms with Crippen molar-refractivity contribution in [2.45, 2.75) is 51.5 Å². The van der Waals surface area contributed by atoms with Crippen LogP contribution in [0.1, 0.15) is 51.5 Å². The highest BCUT2D eigenvalue weighted by atomic mass is 35.5. The summed E-state index contributed by atoms with van der Waals surface area (Å²) >= 11 is 17.8. The van der Waals surface area contributed by atoms with E-state index >= 15 is 0 Å². The molecular weight excluding hydrogens is 323 g/mol. The first-order chi connectivity index (χ1) is 10.1. The average Bonchev–Trinajstić information content (AvgIpc) is 2.76. The lowest BCUT2D eigenvalue weighted by atomic mass is 9.83. The smallest absolute Gasteiger partial charge is 0.178 e. The van der Waals surface area contributed by atoms with E-state index in [4.69, 9.17) is 35.4 Å². The van der Waals surface area contributed by atoms with E-state index in [1.807, 2.05) is 12.1 Å². The molecule has 0 saturated heterocycles. The van der Waals surface area contributed by atoms with Crippen molar-refractivity contribution in [1.82, 2.24) is 9.55 Å². The maximum atomic E-state index is 6.18. The van der Waals surface area contributed by atoms with Crippen LogP contribution in [0.3, 0.4) is 0 Å². The van der Waals surface area contributed by atoms with Crippen molar-refractivity contribution in [3.05, 3.63) is 26.9 Å². The maximum absolute atomic E-state index is 6.18. The normalized spacial score (nSPS) is 22.8. The number of H-pyrrole nitrogens is 1. The fraction of sp³-hybridized carbons (Fsp3) is 0.562. The van der Waals surface area contributed by atoms with Gasteiger partial charge >= 0.3 is 0 Å². The Kier molecular flexibility index (Phi) is 4.63. The molecule has 0 radical (unpaired) electrons. The number of nitrogens with one attached hydrogen (secondary N) is 1. The molecule has 2 nitrogen and oxygen atoms in total. The third-order valence-corrected chi connectivity index (χ3v) is 5.66. The average molecular weight is 343 g/mol. The van der Waals surface area contributed by atoms with Gasteiger partial charge in [-0.25, -0.2) is 0 Å². The lowest BCUT2D eigenvalue weighted by Gasteiger charge is -2.29. The van der Waals surface area contributed by atoms with E-state index in [-0.39, 0.29) is 0 Å². The third kappa shape index (κ3) is 3.01. The van der Waals surface area contributed by atoms with Crippen molar-refractivity contribution in [2.75, 3.05) is 0 Å². The van der Waals surface area contributed by atoms with E-state index < -0.39 is 0 Å². The van der Waals surface area contributed by atoms with Crippen molar-refractivity contribution in [1.29, 1.82) is 0 Å². The Morgan fingerprint density at radius 3 is 2.52 bits per heavy atom. The van der Waals surface area contributed by atoms with Crippen molar-refractivity contribution in [3.8, 4) is 0 Å². The van der Waals surface area contributed by atoms with E-state index in [2.05, 4.69) is 16.5 Å². The second-order valence-electron chi connectivity index (χ2n) is 6.05. The SMILES string of the molecule is CCCC1CCC(n2c(=S)[nH]c3cc(Cl)c(Cl)cc32)CC1. The highest BCUT2D eigenvalue weighted by molar-refractivity contribution is 7.71. The molecule has 2 aromatic rings. The van der Waals surface area contributed by atoms with Gasteiger partial charge in [0.1, 0.15) is 0 Å². The molecule has 0 atom stereocenters. The number of imidazole rings is 1. The van der Waals surface area contributed by atoms with E-state index in [1.54, 1.807) is 0 Å². The van der Waals surface area contributed by atoms with Crippen LogP contribution in [0.2, 0.25) is 10.0 Å². The molecule has 0 aliphatic heterocycles. The predicted molar refractivity (Wildman–Crippen MR) is 93.0 cm³/mol. The van der Waals surface area contributed by atoms with Crippen LogP contribution in [-0.4, -0.2) is 9.55 Å². The molecule has 0 bridgehead atoms. The second kappa shape index (κ2) is 6.31. The van der Waals surface area contributed by atoms with Crippen molar-refractivity contribution >= 4 is 46.5 Å². The summed E-state index contributed by atoms with van der Waals surface area (Å²) in [6.07, 6.45) is 7.64. The fourth-order valence-electron chi connectivity index (χ4n) is 3.58. The zero-order valence-electron chi connectivity index (χ0n) is 12.2.